The van der Waals surface area contributed by atoms with Gasteiger partial charge in [0.25, 0.3) is 11.8 Å². The van der Waals surface area contributed by atoms with Gasteiger partial charge in [-0.1, -0.05) is 18.2 Å². The van der Waals surface area contributed by atoms with E-state index in [-0.39, 0.29) is 17.9 Å². The fraction of sp³-hybridized carbons (Fsp3) is 0.333. The summed E-state index contributed by atoms with van der Waals surface area (Å²) in [5.41, 5.74) is 1.45. The molecule has 0 aliphatic carbocycles. The van der Waals surface area contributed by atoms with Crippen LogP contribution >= 0.6 is 0 Å². The Balaban J connectivity index is 1.65. The minimum Gasteiger partial charge on any atom is -0.492 e. The zero-order valence-electron chi connectivity index (χ0n) is 15.4. The first-order valence-corrected chi connectivity index (χ1v) is 9.20. The van der Waals surface area contributed by atoms with Crippen LogP contribution in [-0.4, -0.2) is 37.7 Å². The highest BCUT2D eigenvalue weighted by atomic mass is 16.5. The third kappa shape index (κ3) is 5.08. The molecule has 3 rings (SSSR count). The molecule has 1 unspecified atom stereocenters. The lowest BCUT2D eigenvalue weighted by Gasteiger charge is -2.12. The van der Waals surface area contributed by atoms with E-state index in [0.717, 1.165) is 19.4 Å². The van der Waals surface area contributed by atoms with Gasteiger partial charge in [0, 0.05) is 24.3 Å². The molecule has 6 nitrogen and oxygen atoms in total. The summed E-state index contributed by atoms with van der Waals surface area (Å²) in [5.74, 6) is 0.101. The lowest BCUT2D eigenvalue weighted by Crippen LogP contribution is -2.31. The SMILES string of the molecule is CCOc1ccccc1NC(=O)c1cccc(C(=O)NCC2CCCO2)c1. The summed E-state index contributed by atoms with van der Waals surface area (Å²) in [7, 11) is 0. The first kappa shape index (κ1) is 18.9. The summed E-state index contributed by atoms with van der Waals surface area (Å²) in [6, 6.07) is 13.9. The molecule has 1 heterocycles. The molecule has 1 aliphatic rings. The Kier molecular flexibility index (Phi) is 6.44. The summed E-state index contributed by atoms with van der Waals surface area (Å²) < 4.78 is 11.0. The Morgan fingerprint density at radius 2 is 1.89 bits per heavy atom. The molecule has 1 atom stereocenters. The van der Waals surface area contributed by atoms with Crippen molar-refractivity contribution in [3.63, 3.8) is 0 Å². The number of benzene rings is 2. The molecule has 0 saturated carbocycles. The van der Waals surface area contributed by atoms with Crippen molar-refractivity contribution in [1.29, 1.82) is 0 Å². The minimum atomic E-state index is -0.295. The average molecular weight is 368 g/mol. The van der Waals surface area contributed by atoms with Gasteiger partial charge in [-0.05, 0) is 50.1 Å². The van der Waals surface area contributed by atoms with Gasteiger partial charge in [0.15, 0.2) is 0 Å². The van der Waals surface area contributed by atoms with Gasteiger partial charge in [0.2, 0.25) is 0 Å². The van der Waals surface area contributed by atoms with E-state index >= 15 is 0 Å². The largest absolute Gasteiger partial charge is 0.492 e. The standard InChI is InChI=1S/C21H24N2O4/c1-2-26-19-11-4-3-10-18(19)23-21(25)16-8-5-7-15(13-16)20(24)22-14-17-9-6-12-27-17/h3-5,7-8,10-11,13,17H,2,6,9,12,14H2,1H3,(H,22,24)(H,23,25). The maximum Gasteiger partial charge on any atom is 0.255 e. The number of anilines is 1. The van der Waals surface area contributed by atoms with Gasteiger partial charge in [-0.2, -0.15) is 0 Å². The molecular weight excluding hydrogens is 344 g/mol. The monoisotopic (exact) mass is 368 g/mol. The Hall–Kier alpha value is -2.86. The van der Waals surface area contributed by atoms with E-state index in [4.69, 9.17) is 9.47 Å². The zero-order valence-corrected chi connectivity index (χ0v) is 15.4. The highest BCUT2D eigenvalue weighted by Gasteiger charge is 2.17. The van der Waals surface area contributed by atoms with Crippen LogP contribution in [0.3, 0.4) is 0 Å². The number of ether oxygens (including phenoxy) is 2. The quantitative estimate of drug-likeness (QED) is 0.787. The molecule has 2 amide bonds. The number of nitrogens with one attached hydrogen (secondary N) is 2. The molecule has 142 valence electrons. The van der Waals surface area contributed by atoms with Crippen molar-refractivity contribution in [2.75, 3.05) is 25.1 Å². The number of amides is 2. The van der Waals surface area contributed by atoms with Gasteiger partial charge in [0.05, 0.1) is 18.4 Å². The average Bonchev–Trinajstić information content (AvgIpc) is 3.21. The third-order valence-electron chi connectivity index (χ3n) is 4.34. The first-order chi connectivity index (χ1) is 13.2. The summed E-state index contributed by atoms with van der Waals surface area (Å²) in [4.78, 5) is 24.9. The number of hydrogen-bond donors (Lipinski definition) is 2. The van der Waals surface area contributed by atoms with E-state index < -0.39 is 0 Å². The van der Waals surface area contributed by atoms with Crippen LogP contribution in [0.5, 0.6) is 5.75 Å². The van der Waals surface area contributed by atoms with Crippen LogP contribution in [0.4, 0.5) is 5.69 Å². The van der Waals surface area contributed by atoms with Gasteiger partial charge < -0.3 is 20.1 Å². The lowest BCUT2D eigenvalue weighted by molar-refractivity contribution is 0.0858. The van der Waals surface area contributed by atoms with Crippen molar-refractivity contribution in [2.45, 2.75) is 25.9 Å². The molecule has 1 fully saturated rings. The second-order valence-corrected chi connectivity index (χ2v) is 6.31. The van der Waals surface area contributed by atoms with Crippen LogP contribution in [0.1, 0.15) is 40.5 Å². The predicted molar refractivity (Wildman–Crippen MR) is 103 cm³/mol. The summed E-state index contributed by atoms with van der Waals surface area (Å²) in [6.07, 6.45) is 2.07. The molecule has 0 bridgehead atoms. The van der Waals surface area contributed by atoms with Crippen LogP contribution in [0, 0.1) is 0 Å². The second-order valence-electron chi connectivity index (χ2n) is 6.31. The topological polar surface area (TPSA) is 76.7 Å². The van der Waals surface area contributed by atoms with Crippen molar-refractivity contribution >= 4 is 17.5 Å². The fourth-order valence-electron chi connectivity index (χ4n) is 2.96. The number of carbonyl (C=O) groups is 2. The molecule has 0 radical (unpaired) electrons. The number of rotatable bonds is 7. The van der Waals surface area contributed by atoms with Crippen molar-refractivity contribution < 1.29 is 19.1 Å². The van der Waals surface area contributed by atoms with Crippen LogP contribution < -0.4 is 15.4 Å². The smallest absolute Gasteiger partial charge is 0.255 e. The van der Waals surface area contributed by atoms with Crippen molar-refractivity contribution in [2.24, 2.45) is 0 Å². The fourth-order valence-corrected chi connectivity index (χ4v) is 2.96. The van der Waals surface area contributed by atoms with E-state index in [1.165, 1.54) is 0 Å². The molecule has 0 spiro atoms. The first-order valence-electron chi connectivity index (χ1n) is 9.20. The van der Waals surface area contributed by atoms with E-state index in [9.17, 15) is 9.59 Å². The maximum absolute atomic E-state index is 12.6. The summed E-state index contributed by atoms with van der Waals surface area (Å²) in [6.45, 7) is 3.63. The molecular formula is C21H24N2O4. The van der Waals surface area contributed by atoms with Crippen molar-refractivity contribution in [1.82, 2.24) is 5.32 Å². The molecule has 2 N–H and O–H groups in total. The highest BCUT2D eigenvalue weighted by Crippen LogP contribution is 2.24. The van der Waals surface area contributed by atoms with Gasteiger partial charge in [0.1, 0.15) is 5.75 Å². The molecule has 1 saturated heterocycles. The Labute approximate surface area is 158 Å². The van der Waals surface area contributed by atoms with E-state index in [0.29, 0.717) is 35.7 Å². The molecule has 1 aliphatic heterocycles. The third-order valence-corrected chi connectivity index (χ3v) is 4.34. The van der Waals surface area contributed by atoms with Gasteiger partial charge >= 0.3 is 0 Å². The van der Waals surface area contributed by atoms with E-state index in [2.05, 4.69) is 10.6 Å². The van der Waals surface area contributed by atoms with E-state index in [1.54, 1.807) is 36.4 Å². The van der Waals surface area contributed by atoms with Crippen LogP contribution in [0.15, 0.2) is 48.5 Å². The minimum absolute atomic E-state index is 0.0792. The Morgan fingerprint density at radius 1 is 1.11 bits per heavy atom. The van der Waals surface area contributed by atoms with Gasteiger partial charge in [-0.15, -0.1) is 0 Å². The normalized spacial score (nSPS) is 16.0. The molecule has 27 heavy (non-hydrogen) atoms. The number of para-hydroxylation sites is 2. The Bertz CT molecular complexity index is 800. The summed E-state index contributed by atoms with van der Waals surface area (Å²) >= 11 is 0. The van der Waals surface area contributed by atoms with E-state index in [1.807, 2.05) is 19.1 Å². The number of carbonyl (C=O) groups excluding carboxylic acids is 2. The molecule has 0 aromatic heterocycles. The van der Waals surface area contributed by atoms with Crippen molar-refractivity contribution in [3.8, 4) is 5.75 Å². The van der Waals surface area contributed by atoms with Crippen molar-refractivity contribution in [3.05, 3.63) is 59.7 Å². The lowest BCUT2D eigenvalue weighted by atomic mass is 10.1. The second kappa shape index (κ2) is 9.19. The summed E-state index contributed by atoms with van der Waals surface area (Å²) in [5, 5.41) is 5.71. The van der Waals surface area contributed by atoms with Crippen LogP contribution in [0.2, 0.25) is 0 Å². The van der Waals surface area contributed by atoms with Crippen LogP contribution in [0.25, 0.3) is 0 Å². The maximum atomic E-state index is 12.6. The molecule has 6 heteroatoms. The van der Waals surface area contributed by atoms with Crippen LogP contribution in [-0.2, 0) is 4.74 Å². The Morgan fingerprint density at radius 3 is 2.63 bits per heavy atom. The molecule has 2 aromatic carbocycles. The van der Waals surface area contributed by atoms with Gasteiger partial charge in [-0.25, -0.2) is 0 Å². The van der Waals surface area contributed by atoms with Gasteiger partial charge in [-0.3, -0.25) is 9.59 Å². The number of hydrogen-bond acceptors (Lipinski definition) is 4. The predicted octanol–water partition coefficient (Wildman–Crippen LogP) is 3.25. The molecule has 2 aromatic rings. The highest BCUT2D eigenvalue weighted by molar-refractivity contribution is 6.06. The zero-order chi connectivity index (χ0) is 19.1.